The molecule has 0 saturated heterocycles. The van der Waals surface area contributed by atoms with Crippen LogP contribution in [0.2, 0.25) is 0 Å². The average Bonchev–Trinajstić information content (AvgIpc) is 4.07. The van der Waals surface area contributed by atoms with Crippen molar-refractivity contribution in [3.63, 3.8) is 0 Å². The molecule has 0 amide bonds. The van der Waals surface area contributed by atoms with Gasteiger partial charge in [-0.3, -0.25) is 0 Å². The number of hydrogen-bond donors (Lipinski definition) is 0. The highest BCUT2D eigenvalue weighted by molar-refractivity contribution is 7.25. The van der Waals surface area contributed by atoms with Crippen molar-refractivity contribution < 1.29 is 8.83 Å². The van der Waals surface area contributed by atoms with Gasteiger partial charge >= 0.3 is 0 Å². The predicted molar refractivity (Wildman–Crippen MR) is 269 cm³/mol. The molecule has 0 bridgehead atoms. The minimum atomic E-state index is 0.623. The molecular formula is C59H33N3O2S. The van der Waals surface area contributed by atoms with E-state index in [0.717, 1.165) is 104 Å². The van der Waals surface area contributed by atoms with E-state index in [1.807, 2.05) is 18.2 Å². The molecule has 4 heterocycles. The summed E-state index contributed by atoms with van der Waals surface area (Å²) in [4.78, 5) is 15.9. The third kappa shape index (κ3) is 5.61. The van der Waals surface area contributed by atoms with Crippen molar-refractivity contribution >= 4 is 96.9 Å². The van der Waals surface area contributed by atoms with Crippen molar-refractivity contribution in [3.8, 4) is 56.4 Å². The molecule has 6 heteroatoms. The fourth-order valence-corrected chi connectivity index (χ4v) is 11.1. The van der Waals surface area contributed by atoms with Gasteiger partial charge in [-0.25, -0.2) is 15.0 Å². The molecule has 302 valence electrons. The molecule has 0 spiro atoms. The molecule has 5 nitrogen and oxygen atoms in total. The molecule has 4 aromatic heterocycles. The van der Waals surface area contributed by atoms with Crippen molar-refractivity contribution in [2.45, 2.75) is 0 Å². The molecule has 0 saturated carbocycles. The normalized spacial score (nSPS) is 12.0. The Morgan fingerprint density at radius 3 is 1.72 bits per heavy atom. The summed E-state index contributed by atoms with van der Waals surface area (Å²) < 4.78 is 15.4. The second-order valence-corrected chi connectivity index (χ2v) is 17.7. The Morgan fingerprint density at radius 1 is 0.292 bits per heavy atom. The first kappa shape index (κ1) is 36.1. The van der Waals surface area contributed by atoms with E-state index in [1.54, 1.807) is 11.3 Å². The van der Waals surface area contributed by atoms with E-state index in [0.29, 0.717) is 17.5 Å². The highest BCUT2D eigenvalue weighted by atomic mass is 32.1. The maximum Gasteiger partial charge on any atom is 0.164 e. The lowest BCUT2D eigenvalue weighted by Crippen LogP contribution is -2.01. The largest absolute Gasteiger partial charge is 0.456 e. The van der Waals surface area contributed by atoms with Crippen LogP contribution in [0.5, 0.6) is 0 Å². The van der Waals surface area contributed by atoms with Gasteiger partial charge in [0, 0.05) is 58.4 Å². The number of thiophene rings is 1. The van der Waals surface area contributed by atoms with Crippen molar-refractivity contribution in [2.75, 3.05) is 0 Å². The summed E-state index contributed by atoms with van der Waals surface area (Å²) in [6.45, 7) is 0. The van der Waals surface area contributed by atoms with Gasteiger partial charge < -0.3 is 8.83 Å². The maximum absolute atomic E-state index is 6.70. The van der Waals surface area contributed by atoms with Crippen LogP contribution in [0, 0.1) is 0 Å². The number of fused-ring (bicyclic) bond motifs is 11. The number of hydrogen-bond acceptors (Lipinski definition) is 6. The monoisotopic (exact) mass is 847 g/mol. The van der Waals surface area contributed by atoms with E-state index < -0.39 is 0 Å². The molecule has 0 aliphatic heterocycles. The summed E-state index contributed by atoms with van der Waals surface area (Å²) in [6, 6.07) is 70.3. The summed E-state index contributed by atoms with van der Waals surface area (Å²) in [6.07, 6.45) is 0. The lowest BCUT2D eigenvalue weighted by Gasteiger charge is -2.14. The minimum absolute atomic E-state index is 0.623. The van der Waals surface area contributed by atoms with E-state index in [2.05, 4.69) is 182 Å². The van der Waals surface area contributed by atoms with Crippen LogP contribution in [0.4, 0.5) is 0 Å². The standard InChI is InChI=1S/C59H33N3O2S/c1-2-13-35-32-37(27-26-34(35)12-1)57-60-58(62-59(61-57)47-20-11-25-53-56(47)46-17-6-8-24-52(46)65-53)43-31-30-41(39-14-3-4-15-40(39)43)42-19-10-23-50-55(42)45-29-28-36(33-51(45)64-50)38-18-9-22-49-54(38)44-16-5-7-21-48(44)63-49/h1-33H. The van der Waals surface area contributed by atoms with Crippen molar-refractivity contribution in [2.24, 2.45) is 0 Å². The number of nitrogens with zero attached hydrogens (tertiary/aromatic N) is 3. The van der Waals surface area contributed by atoms with Gasteiger partial charge in [0.1, 0.15) is 22.3 Å². The zero-order chi connectivity index (χ0) is 42.6. The highest BCUT2D eigenvalue weighted by Gasteiger charge is 2.21. The second kappa shape index (κ2) is 14.0. The topological polar surface area (TPSA) is 65.0 Å². The Bertz CT molecular complexity index is 4270. The zero-order valence-electron chi connectivity index (χ0n) is 34.6. The Kier molecular flexibility index (Phi) is 7.79. The van der Waals surface area contributed by atoms with Crippen LogP contribution < -0.4 is 0 Å². The Hall–Kier alpha value is -8.45. The van der Waals surface area contributed by atoms with E-state index in [9.17, 15) is 0 Å². The predicted octanol–water partition coefficient (Wildman–Crippen LogP) is 16.7. The molecule has 0 aliphatic rings. The van der Waals surface area contributed by atoms with Crippen LogP contribution in [0.1, 0.15) is 0 Å². The van der Waals surface area contributed by atoms with Gasteiger partial charge in [0.2, 0.25) is 0 Å². The molecule has 0 radical (unpaired) electrons. The van der Waals surface area contributed by atoms with E-state index in [1.165, 1.54) is 20.2 Å². The number of rotatable bonds is 5. The summed E-state index contributed by atoms with van der Waals surface area (Å²) >= 11 is 1.80. The molecule has 14 aromatic rings. The van der Waals surface area contributed by atoms with Crippen LogP contribution in [0.3, 0.4) is 0 Å². The summed E-state index contributed by atoms with van der Waals surface area (Å²) in [7, 11) is 0. The fraction of sp³-hybridized carbons (Fsp3) is 0. The first-order valence-corrected chi connectivity index (χ1v) is 22.6. The number of benzene rings is 10. The molecule has 0 aliphatic carbocycles. The van der Waals surface area contributed by atoms with Crippen molar-refractivity contribution in [1.82, 2.24) is 15.0 Å². The molecule has 0 atom stereocenters. The van der Waals surface area contributed by atoms with Gasteiger partial charge in [0.15, 0.2) is 17.5 Å². The van der Waals surface area contributed by atoms with Crippen LogP contribution in [0.15, 0.2) is 209 Å². The Morgan fingerprint density at radius 2 is 0.862 bits per heavy atom. The molecule has 0 N–H and O–H groups in total. The quantitative estimate of drug-likeness (QED) is 0.173. The fourth-order valence-electron chi connectivity index (χ4n) is 10.00. The highest BCUT2D eigenvalue weighted by Crippen LogP contribution is 2.45. The van der Waals surface area contributed by atoms with Gasteiger partial charge in [-0.1, -0.05) is 146 Å². The van der Waals surface area contributed by atoms with Crippen LogP contribution in [-0.4, -0.2) is 15.0 Å². The lowest BCUT2D eigenvalue weighted by atomic mass is 9.92. The molecule has 10 aromatic carbocycles. The van der Waals surface area contributed by atoms with Crippen molar-refractivity contribution in [3.05, 3.63) is 200 Å². The first-order chi connectivity index (χ1) is 32.2. The minimum Gasteiger partial charge on any atom is -0.456 e. The SMILES string of the molecule is c1ccc2cc(-c3nc(-c4ccc(-c5cccc6oc7cc(-c8cccc9oc%10ccccc%10c89)ccc7c56)c5ccccc45)nc(-c4cccc5sc6ccccc6c45)n3)ccc2c1. The number of aromatic nitrogens is 3. The molecule has 65 heavy (non-hydrogen) atoms. The average molecular weight is 848 g/mol. The second-order valence-electron chi connectivity index (χ2n) is 16.6. The van der Waals surface area contributed by atoms with Crippen LogP contribution in [-0.2, 0) is 0 Å². The summed E-state index contributed by atoms with van der Waals surface area (Å²) in [5.41, 5.74) is 10.7. The number of furan rings is 2. The molecule has 0 fully saturated rings. The van der Waals surface area contributed by atoms with Gasteiger partial charge in [-0.2, -0.15) is 0 Å². The number of para-hydroxylation sites is 1. The summed E-state index contributed by atoms with van der Waals surface area (Å²) in [5.74, 6) is 1.90. The van der Waals surface area contributed by atoms with Gasteiger partial charge in [0.05, 0.1) is 0 Å². The maximum atomic E-state index is 6.70. The van der Waals surface area contributed by atoms with Crippen LogP contribution in [0.25, 0.3) is 142 Å². The summed E-state index contributed by atoms with van der Waals surface area (Å²) in [5, 5.41) is 11.2. The molecular weight excluding hydrogens is 815 g/mol. The van der Waals surface area contributed by atoms with Gasteiger partial charge in [-0.15, -0.1) is 11.3 Å². The molecule has 0 unspecified atom stereocenters. The van der Waals surface area contributed by atoms with Crippen LogP contribution >= 0.6 is 11.3 Å². The third-order valence-electron chi connectivity index (χ3n) is 13.0. The van der Waals surface area contributed by atoms with E-state index in [4.69, 9.17) is 23.8 Å². The lowest BCUT2D eigenvalue weighted by molar-refractivity contribution is 0.668. The Balaban J connectivity index is 0.950. The van der Waals surface area contributed by atoms with Crippen molar-refractivity contribution in [1.29, 1.82) is 0 Å². The zero-order valence-corrected chi connectivity index (χ0v) is 35.4. The van der Waals surface area contributed by atoms with Gasteiger partial charge in [0.25, 0.3) is 0 Å². The smallest absolute Gasteiger partial charge is 0.164 e. The molecule has 14 rings (SSSR count). The third-order valence-corrected chi connectivity index (χ3v) is 14.1. The first-order valence-electron chi connectivity index (χ1n) is 21.7. The van der Waals surface area contributed by atoms with E-state index >= 15 is 0 Å². The van der Waals surface area contributed by atoms with E-state index in [-0.39, 0.29) is 0 Å². The van der Waals surface area contributed by atoms with Gasteiger partial charge in [-0.05, 0) is 98.4 Å². The Labute approximate surface area is 375 Å².